The highest BCUT2D eigenvalue weighted by Gasteiger charge is 2.17. The lowest BCUT2D eigenvalue weighted by Crippen LogP contribution is -2.15. The predicted octanol–water partition coefficient (Wildman–Crippen LogP) is 4.34. The molecule has 0 saturated carbocycles. The average Bonchev–Trinajstić information content (AvgIpc) is 3.20. The van der Waals surface area contributed by atoms with Gasteiger partial charge in [-0.15, -0.1) is 10.2 Å². The van der Waals surface area contributed by atoms with Gasteiger partial charge in [-0.1, -0.05) is 30.0 Å². The summed E-state index contributed by atoms with van der Waals surface area (Å²) >= 11 is 1.18. The first-order chi connectivity index (χ1) is 14.6. The fraction of sp³-hybridized carbons (Fsp3) is 0.0476. The summed E-state index contributed by atoms with van der Waals surface area (Å²) in [5, 5.41) is 11.6. The van der Waals surface area contributed by atoms with Gasteiger partial charge in [-0.3, -0.25) is 14.3 Å². The van der Waals surface area contributed by atoms with E-state index in [4.69, 9.17) is 0 Å². The highest BCUT2D eigenvalue weighted by Crippen LogP contribution is 2.27. The smallest absolute Gasteiger partial charge is 0.234 e. The van der Waals surface area contributed by atoms with Crippen LogP contribution in [0.4, 0.5) is 14.5 Å². The van der Waals surface area contributed by atoms with Crippen molar-refractivity contribution in [1.82, 2.24) is 19.7 Å². The van der Waals surface area contributed by atoms with Crippen LogP contribution in [0, 0.1) is 11.6 Å². The second kappa shape index (κ2) is 8.83. The van der Waals surface area contributed by atoms with Crippen molar-refractivity contribution in [2.24, 2.45) is 0 Å². The Hall–Kier alpha value is -3.59. The molecule has 150 valence electrons. The first kappa shape index (κ1) is 19.7. The third-order valence-corrected chi connectivity index (χ3v) is 5.03. The quantitative estimate of drug-likeness (QED) is 0.467. The molecule has 1 amide bonds. The number of nitrogens with zero attached hydrogens (tertiary/aromatic N) is 4. The minimum absolute atomic E-state index is 0.0109. The van der Waals surface area contributed by atoms with Crippen molar-refractivity contribution >= 4 is 23.4 Å². The normalized spacial score (nSPS) is 10.7. The lowest BCUT2D eigenvalue weighted by Gasteiger charge is -2.10. The van der Waals surface area contributed by atoms with Gasteiger partial charge in [0.2, 0.25) is 5.91 Å². The second-order valence-electron chi connectivity index (χ2n) is 6.18. The van der Waals surface area contributed by atoms with Crippen LogP contribution in [-0.4, -0.2) is 31.4 Å². The summed E-state index contributed by atoms with van der Waals surface area (Å²) in [4.78, 5) is 16.4. The molecule has 4 aromatic rings. The number of anilines is 1. The molecule has 0 bridgehead atoms. The number of carbonyl (C=O) groups is 1. The summed E-state index contributed by atoms with van der Waals surface area (Å²) in [7, 11) is 0. The molecule has 4 rings (SSSR count). The Kier molecular flexibility index (Phi) is 5.80. The minimum atomic E-state index is -1.02. The van der Waals surface area contributed by atoms with Crippen LogP contribution < -0.4 is 5.32 Å². The Labute approximate surface area is 175 Å². The molecule has 1 N–H and O–H groups in total. The van der Waals surface area contributed by atoms with Crippen LogP contribution in [0.3, 0.4) is 0 Å². The average molecular weight is 423 g/mol. The van der Waals surface area contributed by atoms with Crippen molar-refractivity contribution in [3.8, 4) is 17.1 Å². The molecule has 9 heteroatoms. The molecule has 0 saturated heterocycles. The van der Waals surface area contributed by atoms with Crippen molar-refractivity contribution in [2.45, 2.75) is 5.16 Å². The lowest BCUT2D eigenvalue weighted by molar-refractivity contribution is -0.113. The summed E-state index contributed by atoms with van der Waals surface area (Å²) < 4.78 is 28.2. The van der Waals surface area contributed by atoms with Gasteiger partial charge in [-0.25, -0.2) is 8.78 Å². The van der Waals surface area contributed by atoms with E-state index in [-0.39, 0.29) is 17.3 Å². The Morgan fingerprint density at radius 1 is 1.00 bits per heavy atom. The van der Waals surface area contributed by atoms with Crippen molar-refractivity contribution in [2.75, 3.05) is 11.1 Å². The number of nitrogens with one attached hydrogen (secondary N) is 1. The number of rotatable bonds is 6. The fourth-order valence-corrected chi connectivity index (χ4v) is 3.51. The second-order valence-corrected chi connectivity index (χ2v) is 7.13. The van der Waals surface area contributed by atoms with E-state index in [1.165, 1.54) is 17.8 Å². The zero-order valence-electron chi connectivity index (χ0n) is 15.5. The van der Waals surface area contributed by atoms with E-state index in [0.29, 0.717) is 11.0 Å². The summed E-state index contributed by atoms with van der Waals surface area (Å²) in [6.45, 7) is 0. The molecular weight excluding hydrogens is 408 g/mol. The summed E-state index contributed by atoms with van der Waals surface area (Å²) in [6.07, 6.45) is 3.36. The SMILES string of the molecule is O=C(CSc1nnc(-c2cccnc2)n1-c1ccccc1)Nc1ccc(F)c(F)c1. The molecule has 0 aliphatic rings. The maximum absolute atomic E-state index is 13.3. The number of para-hydroxylation sites is 1. The molecular formula is C21H15F2N5OS. The van der Waals surface area contributed by atoms with Gasteiger partial charge in [-0.2, -0.15) is 0 Å². The Morgan fingerprint density at radius 3 is 2.57 bits per heavy atom. The van der Waals surface area contributed by atoms with E-state index in [2.05, 4.69) is 20.5 Å². The first-order valence-electron chi connectivity index (χ1n) is 8.91. The monoisotopic (exact) mass is 423 g/mol. The highest BCUT2D eigenvalue weighted by molar-refractivity contribution is 7.99. The number of aromatic nitrogens is 4. The zero-order chi connectivity index (χ0) is 20.9. The molecule has 0 fully saturated rings. The van der Waals surface area contributed by atoms with Crippen LogP contribution in [0.25, 0.3) is 17.1 Å². The number of hydrogen-bond donors (Lipinski definition) is 1. The standard InChI is InChI=1S/C21H15F2N5OS/c22-17-9-8-15(11-18(17)23)25-19(29)13-30-21-27-26-20(14-5-4-10-24-12-14)28(21)16-6-2-1-3-7-16/h1-12H,13H2,(H,25,29). The van der Waals surface area contributed by atoms with Gasteiger partial charge >= 0.3 is 0 Å². The van der Waals surface area contributed by atoms with Gasteiger partial charge in [0, 0.05) is 35.4 Å². The van der Waals surface area contributed by atoms with Crippen LogP contribution in [-0.2, 0) is 4.79 Å². The maximum atomic E-state index is 13.3. The van der Waals surface area contributed by atoms with Crippen molar-refractivity contribution in [3.63, 3.8) is 0 Å². The topological polar surface area (TPSA) is 72.7 Å². The molecule has 0 unspecified atom stereocenters. The molecule has 0 aliphatic carbocycles. The first-order valence-corrected chi connectivity index (χ1v) is 9.89. The highest BCUT2D eigenvalue weighted by atomic mass is 32.2. The third kappa shape index (κ3) is 4.36. The van der Waals surface area contributed by atoms with Gasteiger partial charge in [0.1, 0.15) is 0 Å². The number of pyridine rings is 1. The van der Waals surface area contributed by atoms with Crippen molar-refractivity contribution in [3.05, 3.63) is 84.7 Å². The number of amides is 1. The zero-order valence-corrected chi connectivity index (χ0v) is 16.3. The summed E-state index contributed by atoms with van der Waals surface area (Å²) in [6, 6.07) is 16.4. The molecule has 0 atom stereocenters. The summed E-state index contributed by atoms with van der Waals surface area (Å²) in [5.74, 6) is -1.77. The molecule has 30 heavy (non-hydrogen) atoms. The van der Waals surface area contributed by atoms with Crippen LogP contribution in [0.2, 0.25) is 0 Å². The largest absolute Gasteiger partial charge is 0.325 e. The Balaban J connectivity index is 1.56. The third-order valence-electron chi connectivity index (χ3n) is 4.10. The predicted molar refractivity (Wildman–Crippen MR) is 110 cm³/mol. The molecule has 2 heterocycles. The van der Waals surface area contributed by atoms with E-state index >= 15 is 0 Å². The van der Waals surface area contributed by atoms with Gasteiger partial charge < -0.3 is 5.32 Å². The van der Waals surface area contributed by atoms with Gasteiger partial charge in [0.15, 0.2) is 22.6 Å². The molecule has 0 radical (unpaired) electrons. The molecule has 0 aliphatic heterocycles. The number of hydrogen-bond acceptors (Lipinski definition) is 5. The Bertz CT molecular complexity index is 1170. The number of halogens is 2. The lowest BCUT2D eigenvalue weighted by atomic mass is 10.2. The van der Waals surface area contributed by atoms with Crippen molar-refractivity contribution in [1.29, 1.82) is 0 Å². The van der Waals surface area contributed by atoms with Crippen molar-refractivity contribution < 1.29 is 13.6 Å². The van der Waals surface area contributed by atoms with Gasteiger partial charge in [-0.05, 0) is 36.4 Å². The van der Waals surface area contributed by atoms with E-state index in [9.17, 15) is 13.6 Å². The fourth-order valence-electron chi connectivity index (χ4n) is 2.76. The van der Waals surface area contributed by atoms with Gasteiger partial charge in [0.25, 0.3) is 0 Å². The van der Waals surface area contributed by atoms with Gasteiger partial charge in [0.05, 0.1) is 5.75 Å². The molecule has 2 aromatic heterocycles. The molecule has 2 aromatic carbocycles. The number of benzene rings is 2. The minimum Gasteiger partial charge on any atom is -0.325 e. The van der Waals surface area contributed by atoms with Crippen LogP contribution in [0.15, 0.2) is 78.2 Å². The van der Waals surface area contributed by atoms with Crippen LogP contribution >= 0.6 is 11.8 Å². The number of thioether (sulfide) groups is 1. The van der Waals surface area contributed by atoms with Crippen LogP contribution in [0.5, 0.6) is 0 Å². The van der Waals surface area contributed by atoms with E-state index in [1.54, 1.807) is 18.5 Å². The molecule has 0 spiro atoms. The maximum Gasteiger partial charge on any atom is 0.234 e. The van der Waals surface area contributed by atoms with E-state index < -0.39 is 11.6 Å². The molecule has 6 nitrogen and oxygen atoms in total. The van der Waals surface area contributed by atoms with Crippen LogP contribution in [0.1, 0.15) is 0 Å². The van der Waals surface area contributed by atoms with E-state index in [0.717, 1.165) is 23.4 Å². The Morgan fingerprint density at radius 2 is 1.83 bits per heavy atom. The van der Waals surface area contributed by atoms with E-state index in [1.807, 2.05) is 41.0 Å². The summed E-state index contributed by atoms with van der Waals surface area (Å²) in [5.41, 5.74) is 1.80. The number of carbonyl (C=O) groups excluding carboxylic acids is 1.